The number of carbonyl (C=O) groups is 1. The van der Waals surface area contributed by atoms with E-state index in [1.165, 1.54) is 26.4 Å². The summed E-state index contributed by atoms with van der Waals surface area (Å²) in [6.07, 6.45) is 7.92. The molecule has 1 fully saturated rings. The zero-order chi connectivity index (χ0) is 12.3. The summed E-state index contributed by atoms with van der Waals surface area (Å²) in [5.74, 6) is -0.289. The molecule has 0 amide bonds. The molecule has 4 nitrogen and oxygen atoms in total. The van der Waals surface area contributed by atoms with Gasteiger partial charge in [-0.15, -0.1) is 11.8 Å². The molecule has 0 radical (unpaired) electrons. The van der Waals surface area contributed by atoms with Crippen molar-refractivity contribution in [3.8, 4) is 0 Å². The third-order valence-electron chi connectivity index (χ3n) is 3.24. The van der Waals surface area contributed by atoms with Gasteiger partial charge in [-0.25, -0.2) is 4.79 Å². The van der Waals surface area contributed by atoms with Crippen molar-refractivity contribution in [3.63, 3.8) is 0 Å². The molecule has 0 spiro atoms. The molecular weight excluding hydrogens is 236 g/mol. The lowest BCUT2D eigenvalue weighted by Gasteiger charge is -2.23. The Kier molecular flexibility index (Phi) is 4.10. The molecular formula is C12H18N2O2S. The second-order valence-corrected chi connectivity index (χ2v) is 5.13. The number of hydrogen-bond acceptors (Lipinski definition) is 4. The van der Waals surface area contributed by atoms with Crippen LogP contribution in [0.15, 0.2) is 11.1 Å². The summed E-state index contributed by atoms with van der Waals surface area (Å²) < 4.78 is 6.69. The smallest absolute Gasteiger partial charge is 0.356 e. The van der Waals surface area contributed by atoms with E-state index in [1.54, 1.807) is 11.8 Å². The van der Waals surface area contributed by atoms with E-state index < -0.39 is 0 Å². The molecule has 0 aromatic carbocycles. The molecule has 1 aliphatic rings. The molecule has 1 aromatic rings. The average Bonchev–Trinajstić information content (AvgIpc) is 2.83. The predicted octanol–water partition coefficient (Wildman–Crippen LogP) is 2.90. The Morgan fingerprint density at radius 1 is 1.47 bits per heavy atom. The summed E-state index contributed by atoms with van der Waals surface area (Å²) >= 11 is 1.56. The fraction of sp³-hybridized carbons (Fsp3) is 0.667. The number of thioether (sulfide) groups is 1. The van der Waals surface area contributed by atoms with Crippen LogP contribution in [0.25, 0.3) is 0 Å². The Labute approximate surface area is 106 Å². The van der Waals surface area contributed by atoms with Gasteiger partial charge in [-0.05, 0) is 19.1 Å². The SMILES string of the molecule is COC(=O)c1cc(SC)nn1C1CCCCC1. The van der Waals surface area contributed by atoms with Crippen LogP contribution >= 0.6 is 11.8 Å². The molecule has 1 saturated carbocycles. The maximum Gasteiger partial charge on any atom is 0.356 e. The van der Waals surface area contributed by atoms with E-state index in [-0.39, 0.29) is 5.97 Å². The van der Waals surface area contributed by atoms with Crippen LogP contribution in [0.1, 0.15) is 48.6 Å². The fourth-order valence-corrected chi connectivity index (χ4v) is 2.73. The van der Waals surface area contributed by atoms with Gasteiger partial charge in [-0.1, -0.05) is 19.3 Å². The summed E-state index contributed by atoms with van der Waals surface area (Å²) in [7, 11) is 1.42. The van der Waals surface area contributed by atoms with Gasteiger partial charge in [0, 0.05) is 6.07 Å². The van der Waals surface area contributed by atoms with Crippen LogP contribution < -0.4 is 0 Å². The highest BCUT2D eigenvalue weighted by Gasteiger charge is 2.23. The first-order valence-electron chi connectivity index (χ1n) is 5.98. The standard InChI is InChI=1S/C12H18N2O2S/c1-16-12(15)10-8-11(17-2)13-14(10)9-6-4-3-5-7-9/h8-9H,3-7H2,1-2H3. The summed E-state index contributed by atoms with van der Waals surface area (Å²) in [6, 6.07) is 2.18. The number of carbonyl (C=O) groups excluding carboxylic acids is 1. The zero-order valence-electron chi connectivity index (χ0n) is 10.3. The predicted molar refractivity (Wildman–Crippen MR) is 67.5 cm³/mol. The molecule has 0 atom stereocenters. The van der Waals surface area contributed by atoms with Crippen LogP contribution in [0.5, 0.6) is 0 Å². The lowest BCUT2D eigenvalue weighted by atomic mass is 9.95. The van der Waals surface area contributed by atoms with E-state index in [0.717, 1.165) is 17.9 Å². The van der Waals surface area contributed by atoms with Gasteiger partial charge >= 0.3 is 5.97 Å². The number of nitrogens with zero attached hydrogens (tertiary/aromatic N) is 2. The molecule has 17 heavy (non-hydrogen) atoms. The Morgan fingerprint density at radius 2 is 2.18 bits per heavy atom. The van der Waals surface area contributed by atoms with Crippen molar-refractivity contribution >= 4 is 17.7 Å². The topological polar surface area (TPSA) is 44.1 Å². The third kappa shape index (κ3) is 2.65. The maximum atomic E-state index is 11.7. The molecule has 0 bridgehead atoms. The van der Waals surface area contributed by atoms with Crippen LogP contribution in [0.3, 0.4) is 0 Å². The highest BCUT2D eigenvalue weighted by atomic mass is 32.2. The number of ether oxygens (including phenoxy) is 1. The molecule has 5 heteroatoms. The normalized spacial score (nSPS) is 17.1. The Morgan fingerprint density at radius 3 is 2.76 bits per heavy atom. The van der Waals surface area contributed by atoms with E-state index in [2.05, 4.69) is 5.10 Å². The first-order valence-corrected chi connectivity index (χ1v) is 7.20. The monoisotopic (exact) mass is 254 g/mol. The van der Waals surface area contributed by atoms with Crippen molar-refractivity contribution in [2.24, 2.45) is 0 Å². The van der Waals surface area contributed by atoms with Gasteiger partial charge in [0.2, 0.25) is 0 Å². The van der Waals surface area contributed by atoms with Gasteiger partial charge in [0.25, 0.3) is 0 Å². The summed E-state index contributed by atoms with van der Waals surface area (Å²) in [5.41, 5.74) is 0.587. The van der Waals surface area contributed by atoms with Gasteiger partial charge in [0.15, 0.2) is 0 Å². The van der Waals surface area contributed by atoms with E-state index in [9.17, 15) is 4.79 Å². The Balaban J connectivity index is 2.29. The van der Waals surface area contributed by atoms with Crippen LogP contribution in [0.4, 0.5) is 0 Å². The van der Waals surface area contributed by atoms with Crippen LogP contribution in [-0.4, -0.2) is 29.1 Å². The van der Waals surface area contributed by atoms with Crippen molar-refractivity contribution in [1.29, 1.82) is 0 Å². The number of methoxy groups -OCH3 is 1. The fourth-order valence-electron chi connectivity index (χ4n) is 2.33. The maximum absolute atomic E-state index is 11.7. The highest BCUT2D eigenvalue weighted by molar-refractivity contribution is 7.98. The van der Waals surface area contributed by atoms with E-state index >= 15 is 0 Å². The molecule has 0 N–H and O–H groups in total. The van der Waals surface area contributed by atoms with Crippen molar-refractivity contribution in [2.75, 3.05) is 13.4 Å². The molecule has 0 saturated heterocycles. The van der Waals surface area contributed by atoms with Crippen LogP contribution in [-0.2, 0) is 4.74 Å². The molecule has 1 aliphatic carbocycles. The first-order chi connectivity index (χ1) is 8.26. The number of aromatic nitrogens is 2. The van der Waals surface area contributed by atoms with E-state index in [4.69, 9.17) is 4.74 Å². The zero-order valence-corrected chi connectivity index (χ0v) is 11.1. The summed E-state index contributed by atoms with van der Waals surface area (Å²) in [6.45, 7) is 0. The number of esters is 1. The van der Waals surface area contributed by atoms with Crippen molar-refractivity contribution in [2.45, 2.75) is 43.2 Å². The molecule has 1 aromatic heterocycles. The summed E-state index contributed by atoms with van der Waals surface area (Å²) in [5, 5.41) is 5.39. The molecule has 0 aliphatic heterocycles. The van der Waals surface area contributed by atoms with Gasteiger partial charge in [0.05, 0.1) is 13.2 Å². The van der Waals surface area contributed by atoms with Gasteiger partial charge in [-0.3, -0.25) is 4.68 Å². The number of rotatable bonds is 3. The van der Waals surface area contributed by atoms with E-state index in [0.29, 0.717) is 11.7 Å². The molecule has 1 heterocycles. The van der Waals surface area contributed by atoms with Crippen molar-refractivity contribution in [1.82, 2.24) is 9.78 Å². The van der Waals surface area contributed by atoms with Crippen molar-refractivity contribution < 1.29 is 9.53 Å². The second kappa shape index (κ2) is 5.58. The highest BCUT2D eigenvalue weighted by Crippen LogP contribution is 2.30. The quantitative estimate of drug-likeness (QED) is 0.614. The largest absolute Gasteiger partial charge is 0.464 e. The minimum atomic E-state index is -0.289. The third-order valence-corrected chi connectivity index (χ3v) is 3.86. The first kappa shape index (κ1) is 12.5. The van der Waals surface area contributed by atoms with E-state index in [1.807, 2.05) is 17.0 Å². The second-order valence-electron chi connectivity index (χ2n) is 4.30. The minimum absolute atomic E-state index is 0.289. The molecule has 94 valence electrons. The Hall–Kier alpha value is -0.970. The lowest BCUT2D eigenvalue weighted by Crippen LogP contribution is -2.19. The van der Waals surface area contributed by atoms with Gasteiger partial charge in [-0.2, -0.15) is 5.10 Å². The number of hydrogen-bond donors (Lipinski definition) is 0. The van der Waals surface area contributed by atoms with Crippen molar-refractivity contribution in [3.05, 3.63) is 11.8 Å². The minimum Gasteiger partial charge on any atom is -0.464 e. The van der Waals surface area contributed by atoms with Gasteiger partial charge in [0.1, 0.15) is 10.7 Å². The molecule has 0 unspecified atom stereocenters. The van der Waals surface area contributed by atoms with Crippen LogP contribution in [0, 0.1) is 0 Å². The summed E-state index contributed by atoms with van der Waals surface area (Å²) in [4.78, 5) is 11.7. The molecule has 2 rings (SSSR count). The van der Waals surface area contributed by atoms with Crippen LogP contribution in [0.2, 0.25) is 0 Å². The van der Waals surface area contributed by atoms with Gasteiger partial charge < -0.3 is 4.74 Å². The average molecular weight is 254 g/mol. The Bertz CT molecular complexity index is 397. The lowest BCUT2D eigenvalue weighted by molar-refractivity contribution is 0.0581.